The third-order valence-electron chi connectivity index (χ3n) is 4.71. The van der Waals surface area contributed by atoms with E-state index >= 15 is 0 Å². The number of nitrogens with zero attached hydrogens (tertiary/aromatic N) is 2. The predicted octanol–water partition coefficient (Wildman–Crippen LogP) is 4.26. The fourth-order valence-electron chi connectivity index (χ4n) is 3.09. The number of methoxy groups -OCH3 is 2. The van der Waals surface area contributed by atoms with Gasteiger partial charge in [-0.1, -0.05) is 19.4 Å². The highest BCUT2D eigenvalue weighted by molar-refractivity contribution is 8.02. The first-order valence-electron chi connectivity index (χ1n) is 9.79. The quantitative estimate of drug-likeness (QED) is 0.629. The van der Waals surface area contributed by atoms with Gasteiger partial charge in [-0.25, -0.2) is 14.8 Å². The van der Waals surface area contributed by atoms with Gasteiger partial charge in [0, 0.05) is 30.3 Å². The highest BCUT2D eigenvalue weighted by Crippen LogP contribution is 2.41. The number of esters is 1. The van der Waals surface area contributed by atoms with Crippen LogP contribution < -0.4 is 10.1 Å². The Morgan fingerprint density at radius 2 is 2.10 bits per heavy atom. The van der Waals surface area contributed by atoms with Gasteiger partial charge in [0.15, 0.2) is 5.82 Å². The minimum Gasteiger partial charge on any atom is -0.496 e. The molecule has 158 valence electrons. The molecule has 0 aliphatic carbocycles. The van der Waals surface area contributed by atoms with Crippen molar-refractivity contribution in [2.45, 2.75) is 37.9 Å². The number of aromatic nitrogens is 2. The maximum Gasteiger partial charge on any atom is 0.341 e. The highest BCUT2D eigenvalue weighted by Gasteiger charge is 2.23. The molecule has 1 aromatic heterocycles. The van der Waals surface area contributed by atoms with Gasteiger partial charge in [-0.3, -0.25) is 4.79 Å². The molecular formula is C22H25N3O4S. The normalized spacial score (nSPS) is 15.4. The summed E-state index contributed by atoms with van der Waals surface area (Å²) in [6.07, 6.45) is 4.87. The van der Waals surface area contributed by atoms with Crippen LogP contribution in [0.3, 0.4) is 0 Å². The Morgan fingerprint density at radius 3 is 2.83 bits per heavy atom. The number of ether oxygens (including phenoxy) is 2. The number of amides is 1. The summed E-state index contributed by atoms with van der Waals surface area (Å²) >= 11 is 1.64. The number of allylic oxidation sites excluding steroid dienone is 1. The molecule has 1 aromatic carbocycles. The number of unbranched alkanes of at least 4 members (excludes halogenated alkanes) is 1. The Bertz CT molecular complexity index is 961. The highest BCUT2D eigenvalue weighted by atomic mass is 32.2. The molecule has 3 rings (SSSR count). The van der Waals surface area contributed by atoms with E-state index in [1.54, 1.807) is 36.2 Å². The molecule has 1 amide bonds. The zero-order valence-electron chi connectivity index (χ0n) is 17.3. The van der Waals surface area contributed by atoms with Crippen molar-refractivity contribution in [1.29, 1.82) is 0 Å². The molecule has 0 bridgehead atoms. The monoisotopic (exact) mass is 427 g/mol. The van der Waals surface area contributed by atoms with E-state index < -0.39 is 5.97 Å². The zero-order chi connectivity index (χ0) is 21.5. The molecule has 0 saturated heterocycles. The van der Waals surface area contributed by atoms with Crippen molar-refractivity contribution in [2.75, 3.05) is 14.2 Å². The first-order chi connectivity index (χ1) is 14.5. The molecule has 1 aliphatic heterocycles. The summed E-state index contributed by atoms with van der Waals surface area (Å²) in [6.45, 7) is 2.07. The average molecular weight is 428 g/mol. The summed E-state index contributed by atoms with van der Waals surface area (Å²) in [5.41, 5.74) is 2.90. The van der Waals surface area contributed by atoms with Gasteiger partial charge in [-0.2, -0.15) is 0 Å². The molecule has 7 nitrogen and oxygen atoms in total. The van der Waals surface area contributed by atoms with Crippen LogP contribution in [-0.2, 0) is 9.53 Å². The number of hydrogen-bond donors (Lipinski definition) is 1. The number of rotatable bonds is 8. The first-order valence-corrected chi connectivity index (χ1v) is 10.7. The van der Waals surface area contributed by atoms with E-state index in [0.717, 1.165) is 29.8 Å². The molecule has 30 heavy (non-hydrogen) atoms. The number of hydrogen-bond acceptors (Lipinski definition) is 7. The van der Waals surface area contributed by atoms with Gasteiger partial charge in [0.1, 0.15) is 11.3 Å². The van der Waals surface area contributed by atoms with E-state index in [2.05, 4.69) is 17.2 Å². The van der Waals surface area contributed by atoms with E-state index in [9.17, 15) is 9.59 Å². The lowest BCUT2D eigenvalue weighted by Gasteiger charge is -2.12. The third-order valence-corrected chi connectivity index (χ3v) is 5.87. The van der Waals surface area contributed by atoms with E-state index in [-0.39, 0.29) is 11.2 Å². The summed E-state index contributed by atoms with van der Waals surface area (Å²) < 4.78 is 10.1. The summed E-state index contributed by atoms with van der Waals surface area (Å²) in [7, 11) is 2.83. The van der Waals surface area contributed by atoms with Gasteiger partial charge in [-0.05, 0) is 30.0 Å². The number of nitrogens with one attached hydrogen (secondary N) is 1. The number of carbonyl (C=O) groups excluding carboxylic acids is 2. The van der Waals surface area contributed by atoms with Gasteiger partial charge in [0.2, 0.25) is 5.91 Å². The second-order valence-corrected chi connectivity index (χ2v) is 7.91. The molecular weight excluding hydrogens is 402 g/mol. The van der Waals surface area contributed by atoms with Gasteiger partial charge in [-0.15, -0.1) is 11.8 Å². The van der Waals surface area contributed by atoms with Crippen molar-refractivity contribution < 1.29 is 19.1 Å². The van der Waals surface area contributed by atoms with Crippen LogP contribution in [0.1, 0.15) is 53.9 Å². The maximum absolute atomic E-state index is 12.0. The average Bonchev–Trinajstić information content (AvgIpc) is 3.25. The van der Waals surface area contributed by atoms with Crippen LogP contribution in [0, 0.1) is 0 Å². The Kier molecular flexibility index (Phi) is 7.46. The van der Waals surface area contributed by atoms with Gasteiger partial charge in [0.05, 0.1) is 25.2 Å². The Balaban J connectivity index is 1.73. The smallest absolute Gasteiger partial charge is 0.341 e. The van der Waals surface area contributed by atoms with Crippen LogP contribution in [0.4, 0.5) is 0 Å². The number of benzene rings is 1. The topological polar surface area (TPSA) is 90.4 Å². The van der Waals surface area contributed by atoms with Crippen LogP contribution in [-0.4, -0.2) is 36.1 Å². The second kappa shape index (κ2) is 10.2. The number of carbonyl (C=O) groups is 2. The van der Waals surface area contributed by atoms with Crippen molar-refractivity contribution in [3.05, 3.63) is 52.8 Å². The van der Waals surface area contributed by atoms with E-state index in [4.69, 9.17) is 14.5 Å². The largest absolute Gasteiger partial charge is 0.496 e. The molecule has 1 atom stereocenters. The van der Waals surface area contributed by atoms with Crippen molar-refractivity contribution in [3.8, 4) is 17.1 Å². The molecule has 0 radical (unpaired) electrons. The fourth-order valence-corrected chi connectivity index (χ4v) is 4.12. The Morgan fingerprint density at radius 1 is 1.27 bits per heavy atom. The fraction of sp³-hybridized carbons (Fsp3) is 0.364. The lowest BCUT2D eigenvalue weighted by Crippen LogP contribution is -2.21. The van der Waals surface area contributed by atoms with Gasteiger partial charge < -0.3 is 14.8 Å². The summed E-state index contributed by atoms with van der Waals surface area (Å²) in [4.78, 5) is 32.9. The van der Waals surface area contributed by atoms with E-state index in [1.165, 1.54) is 14.2 Å². The molecule has 0 fully saturated rings. The van der Waals surface area contributed by atoms with Crippen molar-refractivity contribution >= 4 is 23.6 Å². The summed E-state index contributed by atoms with van der Waals surface area (Å²) in [5.74, 6) is 0.547. The minimum atomic E-state index is -0.463. The van der Waals surface area contributed by atoms with Gasteiger partial charge >= 0.3 is 5.97 Å². The molecule has 2 heterocycles. The third kappa shape index (κ3) is 5.18. The first kappa shape index (κ1) is 21.8. The van der Waals surface area contributed by atoms with Crippen LogP contribution in [0.25, 0.3) is 11.4 Å². The standard InChI is InChI=1S/C22H25N3O4S/c1-4-5-6-20(26)24-15-12-19(30-13-15)17-9-10-23-21(25-17)14-7-8-16(22(27)29-3)18(11-14)28-2/h7-11,13,19H,4-6,12H2,1-3H3,(H,24,26). The van der Waals surface area contributed by atoms with E-state index in [1.807, 2.05) is 11.5 Å². The van der Waals surface area contributed by atoms with Crippen LogP contribution in [0.2, 0.25) is 0 Å². The van der Waals surface area contributed by atoms with Crippen molar-refractivity contribution in [3.63, 3.8) is 0 Å². The van der Waals surface area contributed by atoms with Crippen LogP contribution in [0.15, 0.2) is 41.6 Å². The molecule has 0 saturated carbocycles. The predicted molar refractivity (Wildman–Crippen MR) is 116 cm³/mol. The summed E-state index contributed by atoms with van der Waals surface area (Å²) in [6, 6.07) is 7.03. The summed E-state index contributed by atoms with van der Waals surface area (Å²) in [5, 5.41) is 5.10. The lowest BCUT2D eigenvalue weighted by molar-refractivity contribution is -0.120. The minimum absolute atomic E-state index is 0.0607. The Hall–Kier alpha value is -2.87. The molecule has 1 unspecified atom stereocenters. The molecule has 0 spiro atoms. The molecule has 2 aromatic rings. The second-order valence-electron chi connectivity index (χ2n) is 6.84. The zero-order valence-corrected chi connectivity index (χ0v) is 18.1. The van der Waals surface area contributed by atoms with Gasteiger partial charge in [0.25, 0.3) is 0 Å². The van der Waals surface area contributed by atoms with E-state index in [0.29, 0.717) is 30.0 Å². The maximum atomic E-state index is 12.0. The van der Waals surface area contributed by atoms with Crippen molar-refractivity contribution in [1.82, 2.24) is 15.3 Å². The number of thioether (sulfide) groups is 1. The van der Waals surface area contributed by atoms with Crippen LogP contribution in [0.5, 0.6) is 5.75 Å². The Labute approximate surface area is 180 Å². The SMILES string of the molecule is CCCCC(=O)NC1=CSC(c2ccnc(-c3ccc(C(=O)OC)c(OC)c3)n2)C1. The lowest BCUT2D eigenvalue weighted by atomic mass is 10.1. The molecule has 1 N–H and O–H groups in total. The van der Waals surface area contributed by atoms with Crippen LogP contribution >= 0.6 is 11.8 Å². The molecule has 8 heteroatoms. The van der Waals surface area contributed by atoms with Crippen molar-refractivity contribution in [2.24, 2.45) is 0 Å². The molecule has 1 aliphatic rings.